The van der Waals surface area contributed by atoms with E-state index < -0.39 is 0 Å². The number of hydrogen-bond donors (Lipinski definition) is 2. The standard InChI is InChI=1S/C19H19N5/c1-10-17(11(2)23-22-10)19-13-6-4-3-5-12(13)18-14-9-20-24-15(14)7-8-16(18)21-19/h7-9H,3-6H2,1-2H3,(H,20,24)(H,22,23). The second-order valence-corrected chi connectivity index (χ2v) is 6.72. The van der Waals surface area contributed by atoms with E-state index in [2.05, 4.69) is 46.4 Å². The van der Waals surface area contributed by atoms with Crippen LogP contribution in [-0.4, -0.2) is 25.4 Å². The average Bonchev–Trinajstić information content (AvgIpc) is 3.20. The number of benzene rings is 1. The van der Waals surface area contributed by atoms with Gasteiger partial charge in [0, 0.05) is 22.0 Å². The normalized spacial score (nSPS) is 14.4. The molecule has 0 bridgehead atoms. The Morgan fingerprint density at radius 2 is 1.83 bits per heavy atom. The van der Waals surface area contributed by atoms with Crippen molar-refractivity contribution in [2.45, 2.75) is 39.5 Å². The van der Waals surface area contributed by atoms with Crippen molar-refractivity contribution in [1.29, 1.82) is 0 Å². The van der Waals surface area contributed by atoms with Gasteiger partial charge in [-0.1, -0.05) is 0 Å². The number of fused-ring (bicyclic) bond motifs is 5. The smallest absolute Gasteiger partial charge is 0.0781 e. The lowest BCUT2D eigenvalue weighted by molar-refractivity contribution is 0.689. The molecule has 5 heteroatoms. The van der Waals surface area contributed by atoms with Crippen LogP contribution < -0.4 is 0 Å². The molecule has 24 heavy (non-hydrogen) atoms. The molecule has 0 fully saturated rings. The molecule has 0 spiro atoms. The van der Waals surface area contributed by atoms with E-state index in [1.165, 1.54) is 40.3 Å². The molecule has 1 aliphatic carbocycles. The Balaban J connectivity index is 1.94. The summed E-state index contributed by atoms with van der Waals surface area (Å²) in [6.07, 6.45) is 6.60. The van der Waals surface area contributed by atoms with Crippen LogP contribution in [0.25, 0.3) is 33.1 Å². The molecule has 3 aromatic heterocycles. The van der Waals surface area contributed by atoms with Gasteiger partial charge >= 0.3 is 0 Å². The van der Waals surface area contributed by atoms with Crippen molar-refractivity contribution < 1.29 is 0 Å². The van der Waals surface area contributed by atoms with E-state index in [4.69, 9.17) is 4.98 Å². The zero-order valence-corrected chi connectivity index (χ0v) is 13.9. The van der Waals surface area contributed by atoms with E-state index >= 15 is 0 Å². The number of nitrogens with zero attached hydrogens (tertiary/aromatic N) is 3. The van der Waals surface area contributed by atoms with Crippen LogP contribution in [0.5, 0.6) is 0 Å². The van der Waals surface area contributed by atoms with Gasteiger partial charge in [0.25, 0.3) is 0 Å². The molecule has 4 aromatic rings. The Morgan fingerprint density at radius 1 is 1.00 bits per heavy atom. The first-order valence-electron chi connectivity index (χ1n) is 8.53. The fourth-order valence-electron chi connectivity index (χ4n) is 4.15. The van der Waals surface area contributed by atoms with E-state index in [-0.39, 0.29) is 0 Å². The van der Waals surface area contributed by atoms with Gasteiger partial charge in [-0.25, -0.2) is 4.98 Å². The van der Waals surface area contributed by atoms with Crippen molar-refractivity contribution in [3.8, 4) is 11.3 Å². The highest BCUT2D eigenvalue weighted by Crippen LogP contribution is 2.39. The van der Waals surface area contributed by atoms with Crippen LogP contribution in [0, 0.1) is 13.8 Å². The zero-order chi connectivity index (χ0) is 16.3. The molecule has 1 aromatic carbocycles. The molecule has 2 N–H and O–H groups in total. The SMILES string of the molecule is Cc1n[nH]c(C)c1-c1nc2ccc3[nH]ncc3c2c2c1CCCC2. The number of aromatic nitrogens is 5. The van der Waals surface area contributed by atoms with Crippen LogP contribution in [0.15, 0.2) is 18.3 Å². The number of aryl methyl sites for hydroxylation is 3. The van der Waals surface area contributed by atoms with E-state index in [1.54, 1.807) is 0 Å². The highest BCUT2D eigenvalue weighted by Gasteiger charge is 2.23. The summed E-state index contributed by atoms with van der Waals surface area (Å²) in [5, 5.41) is 17.3. The Morgan fingerprint density at radius 3 is 2.62 bits per heavy atom. The topological polar surface area (TPSA) is 70.2 Å². The minimum atomic E-state index is 1.02. The first-order valence-corrected chi connectivity index (χ1v) is 8.53. The summed E-state index contributed by atoms with van der Waals surface area (Å²) in [5.74, 6) is 0. The van der Waals surface area contributed by atoms with Crippen LogP contribution in [0.1, 0.15) is 35.4 Å². The van der Waals surface area contributed by atoms with E-state index in [0.717, 1.165) is 41.0 Å². The molecule has 0 amide bonds. The summed E-state index contributed by atoms with van der Waals surface area (Å²) in [4.78, 5) is 5.08. The molecule has 120 valence electrons. The van der Waals surface area contributed by atoms with Gasteiger partial charge in [0.2, 0.25) is 0 Å². The fraction of sp³-hybridized carbons (Fsp3) is 0.316. The monoisotopic (exact) mass is 317 g/mol. The molecule has 0 unspecified atom stereocenters. The maximum absolute atomic E-state index is 5.08. The Labute approximate surface area is 139 Å². The molecule has 0 aliphatic heterocycles. The first kappa shape index (κ1) is 13.7. The maximum Gasteiger partial charge on any atom is 0.0781 e. The third-order valence-corrected chi connectivity index (χ3v) is 5.25. The van der Waals surface area contributed by atoms with E-state index in [9.17, 15) is 0 Å². The van der Waals surface area contributed by atoms with Gasteiger partial charge in [0.15, 0.2) is 0 Å². The molecule has 3 heterocycles. The number of H-pyrrole nitrogens is 2. The lowest BCUT2D eigenvalue weighted by atomic mass is 9.85. The minimum absolute atomic E-state index is 1.02. The lowest BCUT2D eigenvalue weighted by Gasteiger charge is -2.21. The van der Waals surface area contributed by atoms with Crippen LogP contribution >= 0.6 is 0 Å². The summed E-state index contributed by atoms with van der Waals surface area (Å²) in [6, 6.07) is 4.19. The number of aromatic amines is 2. The summed E-state index contributed by atoms with van der Waals surface area (Å²) in [6.45, 7) is 4.13. The van der Waals surface area contributed by atoms with Gasteiger partial charge in [0.1, 0.15) is 0 Å². The average molecular weight is 317 g/mol. The molecule has 1 aliphatic rings. The molecule has 0 atom stereocenters. The Bertz CT molecular complexity index is 1070. The lowest BCUT2D eigenvalue weighted by Crippen LogP contribution is -2.08. The predicted molar refractivity (Wildman–Crippen MR) is 95.1 cm³/mol. The van der Waals surface area contributed by atoms with Crippen molar-refractivity contribution in [3.63, 3.8) is 0 Å². The quantitative estimate of drug-likeness (QED) is 0.557. The minimum Gasteiger partial charge on any atom is -0.282 e. The van der Waals surface area contributed by atoms with Gasteiger partial charge in [-0.2, -0.15) is 10.2 Å². The van der Waals surface area contributed by atoms with Crippen molar-refractivity contribution in [3.05, 3.63) is 40.8 Å². The third-order valence-electron chi connectivity index (χ3n) is 5.25. The van der Waals surface area contributed by atoms with Crippen LogP contribution in [-0.2, 0) is 12.8 Å². The first-order chi connectivity index (χ1) is 11.7. The third kappa shape index (κ3) is 1.78. The fourth-order valence-corrected chi connectivity index (χ4v) is 4.15. The number of rotatable bonds is 1. The Hall–Kier alpha value is -2.69. The van der Waals surface area contributed by atoms with Gasteiger partial charge in [-0.3, -0.25) is 10.2 Å². The maximum atomic E-state index is 5.08. The van der Waals surface area contributed by atoms with Crippen LogP contribution in [0.4, 0.5) is 0 Å². The molecule has 5 nitrogen and oxygen atoms in total. The molecular formula is C19H19N5. The van der Waals surface area contributed by atoms with Crippen molar-refractivity contribution in [2.24, 2.45) is 0 Å². The van der Waals surface area contributed by atoms with E-state index in [0.29, 0.717) is 0 Å². The predicted octanol–water partition coefficient (Wildman–Crippen LogP) is 4.00. The van der Waals surface area contributed by atoms with Gasteiger partial charge in [-0.15, -0.1) is 0 Å². The van der Waals surface area contributed by atoms with Crippen molar-refractivity contribution in [2.75, 3.05) is 0 Å². The zero-order valence-electron chi connectivity index (χ0n) is 13.9. The summed E-state index contributed by atoms with van der Waals surface area (Å²) in [7, 11) is 0. The van der Waals surface area contributed by atoms with Crippen molar-refractivity contribution in [1.82, 2.24) is 25.4 Å². The van der Waals surface area contributed by atoms with Gasteiger partial charge in [0.05, 0.1) is 28.6 Å². The van der Waals surface area contributed by atoms with Gasteiger partial charge in [-0.05, 0) is 62.8 Å². The summed E-state index contributed by atoms with van der Waals surface area (Å²) < 4.78 is 0. The largest absolute Gasteiger partial charge is 0.282 e. The summed E-state index contributed by atoms with van der Waals surface area (Å²) >= 11 is 0. The highest BCUT2D eigenvalue weighted by molar-refractivity contribution is 6.07. The van der Waals surface area contributed by atoms with Crippen LogP contribution in [0.2, 0.25) is 0 Å². The van der Waals surface area contributed by atoms with E-state index in [1.807, 2.05) is 6.20 Å². The van der Waals surface area contributed by atoms with Gasteiger partial charge < -0.3 is 0 Å². The molecular weight excluding hydrogens is 298 g/mol. The number of pyridine rings is 1. The molecule has 0 radical (unpaired) electrons. The Kier molecular flexibility index (Phi) is 2.80. The molecule has 0 saturated heterocycles. The number of nitrogens with one attached hydrogen (secondary N) is 2. The van der Waals surface area contributed by atoms with Crippen LogP contribution in [0.3, 0.4) is 0 Å². The highest BCUT2D eigenvalue weighted by atomic mass is 15.1. The molecule has 0 saturated carbocycles. The summed E-state index contributed by atoms with van der Waals surface area (Å²) in [5.41, 5.74) is 9.39. The van der Waals surface area contributed by atoms with Crippen molar-refractivity contribution >= 4 is 21.8 Å². The second-order valence-electron chi connectivity index (χ2n) is 6.72. The second kappa shape index (κ2) is 4.90. The number of hydrogen-bond acceptors (Lipinski definition) is 3. The molecule has 5 rings (SSSR count).